The second-order valence-corrected chi connectivity index (χ2v) is 8.46. The van der Waals surface area contributed by atoms with Gasteiger partial charge in [0.25, 0.3) is 10.9 Å². The minimum absolute atomic E-state index is 0.0810. The first-order valence-electron chi connectivity index (χ1n) is 10.0. The maximum Gasteiger partial charge on any atom is 0.254 e. The normalized spacial score (nSPS) is 12.4. The Hall–Kier alpha value is -2.94. The number of anilines is 3. The third-order valence-electron chi connectivity index (χ3n) is 5.27. The minimum atomic E-state index is -0.665. The molecule has 0 spiro atoms. The van der Waals surface area contributed by atoms with Gasteiger partial charge in [0.2, 0.25) is 5.91 Å². The van der Waals surface area contributed by atoms with Crippen LogP contribution in [0, 0.1) is 16.7 Å². The second kappa shape index (κ2) is 9.04. The summed E-state index contributed by atoms with van der Waals surface area (Å²) in [5.74, 6) is -0.235. The molecule has 0 radical (unpaired) electrons. The molecule has 0 saturated heterocycles. The lowest BCUT2D eigenvalue weighted by Crippen LogP contribution is -2.45. The Bertz CT molecular complexity index is 971. The number of nitrogens with one attached hydrogen (secondary N) is 1. The summed E-state index contributed by atoms with van der Waals surface area (Å²) in [7, 11) is 0. The molecule has 0 aromatic heterocycles. The zero-order chi connectivity index (χ0) is 21.8. The highest BCUT2D eigenvalue weighted by atomic mass is 16.2. The van der Waals surface area contributed by atoms with Crippen LogP contribution >= 0.6 is 0 Å². The Labute approximate surface area is 171 Å². The highest BCUT2D eigenvalue weighted by molar-refractivity contribution is 6.04. The molecule has 29 heavy (non-hydrogen) atoms. The fraction of sp³-hybridized carbons (Fsp3) is 0.478. The van der Waals surface area contributed by atoms with E-state index >= 15 is 0 Å². The molecule has 0 saturated carbocycles. The van der Waals surface area contributed by atoms with Gasteiger partial charge >= 0.3 is 0 Å². The van der Waals surface area contributed by atoms with E-state index < -0.39 is 10.9 Å². The fourth-order valence-corrected chi connectivity index (χ4v) is 2.88. The van der Waals surface area contributed by atoms with Crippen molar-refractivity contribution in [1.29, 1.82) is 5.26 Å². The van der Waals surface area contributed by atoms with Crippen LogP contribution in [0.15, 0.2) is 33.9 Å². The van der Waals surface area contributed by atoms with E-state index in [0.29, 0.717) is 17.7 Å². The highest BCUT2D eigenvalue weighted by Crippen LogP contribution is 2.32. The van der Waals surface area contributed by atoms with E-state index in [1.165, 1.54) is 4.90 Å². The molecule has 2 aromatic rings. The Morgan fingerprint density at radius 3 is 2.28 bits per heavy atom. The van der Waals surface area contributed by atoms with Gasteiger partial charge in [-0.1, -0.05) is 40.5 Å². The molecule has 0 aliphatic carbocycles. The van der Waals surface area contributed by atoms with Crippen LogP contribution in [0.3, 0.4) is 0 Å². The first-order chi connectivity index (χ1) is 13.6. The van der Waals surface area contributed by atoms with Crippen molar-refractivity contribution < 1.29 is 4.79 Å². The van der Waals surface area contributed by atoms with Crippen LogP contribution in [0.2, 0.25) is 0 Å². The minimum Gasteiger partial charge on any atom is -0.377 e. The average molecular weight is 396 g/mol. The van der Waals surface area contributed by atoms with Crippen LogP contribution < -0.4 is 21.1 Å². The Balaban J connectivity index is 2.47. The number of nitriles is 1. The van der Waals surface area contributed by atoms with E-state index in [-0.39, 0.29) is 35.2 Å². The van der Waals surface area contributed by atoms with E-state index in [1.54, 1.807) is 24.3 Å². The Morgan fingerprint density at radius 1 is 1.14 bits per heavy atom. The smallest absolute Gasteiger partial charge is 0.254 e. The summed E-state index contributed by atoms with van der Waals surface area (Å²) in [5.41, 5.74) is -0.191. The Morgan fingerprint density at radius 2 is 1.76 bits per heavy atom. The first kappa shape index (κ1) is 22.4. The number of carbonyl (C=O) groups excluding carboxylic acids is 1. The standard InChI is InChI=1S/C23H29N3O3/c1-6-7-8-9-18(27)26(17-12-10-16(14-24)11-13-17)20-19(21(28)22(20)29)25-15(2)23(3,4)5/h10-13,15,25H,6-9H2,1-5H3. The lowest BCUT2D eigenvalue weighted by Gasteiger charge is -2.32. The van der Waals surface area contributed by atoms with Gasteiger partial charge in [0, 0.05) is 18.2 Å². The molecule has 1 atom stereocenters. The molecular weight excluding hydrogens is 366 g/mol. The Kier molecular flexibility index (Phi) is 6.97. The van der Waals surface area contributed by atoms with Gasteiger partial charge in [-0.25, -0.2) is 0 Å². The zero-order valence-electron chi connectivity index (χ0n) is 17.8. The number of hydrogen-bond donors (Lipinski definition) is 1. The van der Waals surface area contributed by atoms with Crippen LogP contribution in [-0.4, -0.2) is 11.9 Å². The van der Waals surface area contributed by atoms with Crippen molar-refractivity contribution in [3.8, 4) is 6.07 Å². The molecule has 2 aromatic carbocycles. The molecule has 0 aliphatic rings. The molecule has 6 nitrogen and oxygen atoms in total. The van der Waals surface area contributed by atoms with E-state index in [4.69, 9.17) is 5.26 Å². The molecule has 0 fully saturated rings. The summed E-state index contributed by atoms with van der Waals surface area (Å²) in [6.45, 7) is 10.1. The van der Waals surface area contributed by atoms with Crippen molar-refractivity contribution in [3.63, 3.8) is 0 Å². The van der Waals surface area contributed by atoms with Crippen LogP contribution in [0.5, 0.6) is 0 Å². The van der Waals surface area contributed by atoms with E-state index in [0.717, 1.165) is 12.8 Å². The molecule has 1 N–H and O–H groups in total. The van der Waals surface area contributed by atoms with E-state index in [9.17, 15) is 14.4 Å². The summed E-state index contributed by atoms with van der Waals surface area (Å²) in [6.07, 6.45) is 2.87. The maximum absolute atomic E-state index is 13.0. The van der Waals surface area contributed by atoms with E-state index in [2.05, 4.69) is 12.2 Å². The zero-order valence-corrected chi connectivity index (χ0v) is 17.8. The van der Waals surface area contributed by atoms with Gasteiger partial charge in [0.05, 0.1) is 11.6 Å². The lowest BCUT2D eigenvalue weighted by atomic mass is 9.87. The van der Waals surface area contributed by atoms with Gasteiger partial charge < -0.3 is 5.32 Å². The number of hydrogen-bond acceptors (Lipinski definition) is 5. The van der Waals surface area contributed by atoms with E-state index in [1.807, 2.05) is 33.8 Å². The van der Waals surface area contributed by atoms with Gasteiger partial charge in [-0.2, -0.15) is 5.26 Å². The van der Waals surface area contributed by atoms with Crippen molar-refractivity contribution in [3.05, 3.63) is 50.3 Å². The second-order valence-electron chi connectivity index (χ2n) is 8.46. The van der Waals surface area contributed by atoms with Gasteiger partial charge in [-0.05, 0) is 43.0 Å². The van der Waals surface area contributed by atoms with Gasteiger partial charge in [0.15, 0.2) is 0 Å². The topological polar surface area (TPSA) is 90.3 Å². The SMILES string of the molecule is CCCCCC(=O)N(c1ccc(C#N)cc1)c1c(NC(C)C(C)(C)C)c(=O)c1=O. The summed E-state index contributed by atoms with van der Waals surface area (Å²) in [5, 5.41) is 12.2. The highest BCUT2D eigenvalue weighted by Gasteiger charge is 2.33. The first-order valence-corrected chi connectivity index (χ1v) is 10.0. The lowest BCUT2D eigenvalue weighted by molar-refractivity contribution is -0.118. The molecule has 6 heteroatoms. The third kappa shape index (κ3) is 4.92. The molecule has 0 heterocycles. The maximum atomic E-state index is 13.0. The molecule has 154 valence electrons. The van der Waals surface area contributed by atoms with Crippen LogP contribution in [0.25, 0.3) is 0 Å². The molecule has 1 unspecified atom stereocenters. The van der Waals surface area contributed by atoms with Gasteiger partial charge in [-0.15, -0.1) is 0 Å². The van der Waals surface area contributed by atoms with Crippen LogP contribution in [0.4, 0.5) is 17.1 Å². The van der Waals surface area contributed by atoms with Crippen molar-refractivity contribution >= 4 is 23.0 Å². The number of rotatable bonds is 8. The van der Waals surface area contributed by atoms with Crippen LogP contribution in [0.1, 0.15) is 65.9 Å². The van der Waals surface area contributed by atoms with Gasteiger partial charge in [-0.3, -0.25) is 19.3 Å². The quantitative estimate of drug-likeness (QED) is 0.533. The van der Waals surface area contributed by atoms with Crippen molar-refractivity contribution in [2.75, 3.05) is 10.2 Å². The molecule has 0 aliphatic heterocycles. The monoisotopic (exact) mass is 395 g/mol. The number of nitrogens with zero attached hydrogens (tertiary/aromatic N) is 2. The van der Waals surface area contributed by atoms with Crippen molar-refractivity contribution in [2.24, 2.45) is 5.41 Å². The van der Waals surface area contributed by atoms with Gasteiger partial charge in [0.1, 0.15) is 11.4 Å². The number of benzene rings is 1. The molecule has 1 amide bonds. The number of carbonyl (C=O) groups is 1. The summed E-state index contributed by atoms with van der Waals surface area (Å²) in [6, 6.07) is 8.41. The van der Waals surface area contributed by atoms with Crippen LogP contribution in [-0.2, 0) is 4.79 Å². The fourth-order valence-electron chi connectivity index (χ4n) is 2.88. The average Bonchev–Trinajstić information content (AvgIpc) is 2.69. The number of amides is 1. The van der Waals surface area contributed by atoms with Crippen molar-refractivity contribution in [2.45, 2.75) is 66.3 Å². The summed E-state index contributed by atoms with van der Waals surface area (Å²) >= 11 is 0. The third-order valence-corrected chi connectivity index (χ3v) is 5.27. The van der Waals surface area contributed by atoms with Crippen molar-refractivity contribution in [1.82, 2.24) is 0 Å². The molecule has 0 bridgehead atoms. The largest absolute Gasteiger partial charge is 0.377 e. The summed E-state index contributed by atoms with van der Waals surface area (Å²) in [4.78, 5) is 39.1. The molecule has 2 rings (SSSR count). The molecular formula is C23H29N3O3. The predicted octanol–water partition coefficient (Wildman–Crippen LogP) is 4.25. The summed E-state index contributed by atoms with van der Waals surface area (Å²) < 4.78 is 0. The predicted molar refractivity (Wildman–Crippen MR) is 116 cm³/mol. The number of unbranched alkanes of at least 4 members (excludes halogenated alkanes) is 2.